The zero-order valence-electron chi connectivity index (χ0n) is 10.4. The standard InChI is InChI=1S/C12H11F2N3O2S/c1-7-6-16-3-2-11(7)17-20(18,19)12-5-10(15)8(13)4-9(12)14/h2-6H,15H2,1H3,(H,16,17). The number of rotatable bonds is 3. The third-order valence-corrected chi connectivity index (χ3v) is 3.99. The molecule has 0 spiro atoms. The van der Waals surface area contributed by atoms with Crippen molar-refractivity contribution in [2.24, 2.45) is 0 Å². The molecule has 0 aliphatic rings. The summed E-state index contributed by atoms with van der Waals surface area (Å²) in [6.45, 7) is 1.64. The van der Waals surface area contributed by atoms with Crippen LogP contribution in [0.25, 0.3) is 0 Å². The molecule has 1 heterocycles. The number of hydrogen-bond donors (Lipinski definition) is 2. The molecule has 0 saturated heterocycles. The lowest BCUT2D eigenvalue weighted by molar-refractivity contribution is 0.553. The molecule has 0 saturated carbocycles. The van der Waals surface area contributed by atoms with Crippen LogP contribution >= 0.6 is 0 Å². The predicted molar refractivity (Wildman–Crippen MR) is 70.6 cm³/mol. The van der Waals surface area contributed by atoms with Gasteiger partial charge in [-0.15, -0.1) is 0 Å². The first kappa shape index (κ1) is 14.2. The van der Waals surface area contributed by atoms with E-state index < -0.39 is 32.2 Å². The number of aromatic nitrogens is 1. The van der Waals surface area contributed by atoms with Crippen molar-refractivity contribution in [3.63, 3.8) is 0 Å². The molecule has 0 atom stereocenters. The van der Waals surface area contributed by atoms with Crippen molar-refractivity contribution in [3.05, 3.63) is 47.8 Å². The minimum atomic E-state index is -4.21. The Hall–Kier alpha value is -2.22. The van der Waals surface area contributed by atoms with Crippen LogP contribution in [-0.2, 0) is 10.0 Å². The minimum absolute atomic E-state index is 0.252. The Balaban J connectivity index is 2.47. The summed E-state index contributed by atoms with van der Waals surface area (Å²) in [7, 11) is -4.21. The van der Waals surface area contributed by atoms with Gasteiger partial charge in [0.2, 0.25) is 0 Å². The fraction of sp³-hybridized carbons (Fsp3) is 0.0833. The van der Waals surface area contributed by atoms with Crippen molar-refractivity contribution in [1.82, 2.24) is 4.98 Å². The van der Waals surface area contributed by atoms with Crippen LogP contribution in [0, 0.1) is 18.6 Å². The lowest BCUT2D eigenvalue weighted by atomic mass is 10.3. The van der Waals surface area contributed by atoms with Crippen LogP contribution in [0.2, 0.25) is 0 Å². The lowest BCUT2D eigenvalue weighted by Gasteiger charge is -2.11. The molecule has 2 rings (SSSR count). The van der Waals surface area contributed by atoms with Gasteiger partial charge in [-0.3, -0.25) is 9.71 Å². The Kier molecular flexibility index (Phi) is 3.58. The molecule has 2 aromatic rings. The van der Waals surface area contributed by atoms with Gasteiger partial charge in [-0.1, -0.05) is 0 Å². The second-order valence-electron chi connectivity index (χ2n) is 4.10. The molecule has 3 N–H and O–H groups in total. The highest BCUT2D eigenvalue weighted by molar-refractivity contribution is 7.92. The number of nitrogens with two attached hydrogens (primary N) is 1. The van der Waals surface area contributed by atoms with Crippen LogP contribution in [0.15, 0.2) is 35.5 Å². The average molecular weight is 299 g/mol. The molecule has 20 heavy (non-hydrogen) atoms. The topological polar surface area (TPSA) is 85.1 Å². The van der Waals surface area contributed by atoms with E-state index in [2.05, 4.69) is 9.71 Å². The molecule has 0 amide bonds. The number of nitrogens with zero attached hydrogens (tertiary/aromatic N) is 1. The number of halogens is 2. The van der Waals surface area contributed by atoms with Crippen LogP contribution in [0.1, 0.15) is 5.56 Å². The van der Waals surface area contributed by atoms with E-state index >= 15 is 0 Å². The van der Waals surface area contributed by atoms with E-state index in [0.29, 0.717) is 11.6 Å². The van der Waals surface area contributed by atoms with Crippen LogP contribution in [0.5, 0.6) is 0 Å². The van der Waals surface area contributed by atoms with E-state index in [0.717, 1.165) is 6.07 Å². The first-order valence-corrected chi connectivity index (χ1v) is 6.97. The number of nitrogen functional groups attached to an aromatic ring is 1. The SMILES string of the molecule is Cc1cnccc1NS(=O)(=O)c1cc(N)c(F)cc1F. The molecular formula is C12H11F2N3O2S. The number of sulfonamides is 1. The van der Waals surface area contributed by atoms with E-state index in [9.17, 15) is 17.2 Å². The quantitative estimate of drug-likeness (QED) is 0.849. The summed E-state index contributed by atoms with van der Waals surface area (Å²) in [5.41, 5.74) is 5.63. The molecule has 0 aliphatic carbocycles. The number of anilines is 2. The van der Waals surface area contributed by atoms with Crippen molar-refractivity contribution < 1.29 is 17.2 Å². The van der Waals surface area contributed by atoms with Gasteiger partial charge < -0.3 is 5.73 Å². The van der Waals surface area contributed by atoms with Gasteiger partial charge in [-0.2, -0.15) is 0 Å². The molecule has 106 valence electrons. The van der Waals surface area contributed by atoms with E-state index in [1.165, 1.54) is 18.5 Å². The third kappa shape index (κ3) is 2.69. The van der Waals surface area contributed by atoms with Crippen LogP contribution < -0.4 is 10.5 Å². The van der Waals surface area contributed by atoms with E-state index in [-0.39, 0.29) is 5.69 Å². The fourth-order valence-corrected chi connectivity index (χ4v) is 2.76. The minimum Gasteiger partial charge on any atom is -0.396 e. The van der Waals surface area contributed by atoms with Gasteiger partial charge in [-0.05, 0) is 24.6 Å². The number of nitrogens with one attached hydrogen (secondary N) is 1. The largest absolute Gasteiger partial charge is 0.396 e. The Labute approximate surface area is 114 Å². The zero-order valence-corrected chi connectivity index (χ0v) is 11.2. The van der Waals surface area contributed by atoms with Gasteiger partial charge in [0.1, 0.15) is 16.5 Å². The summed E-state index contributed by atoms with van der Waals surface area (Å²) < 4.78 is 53.0. The lowest BCUT2D eigenvalue weighted by Crippen LogP contribution is -2.16. The summed E-state index contributed by atoms with van der Waals surface area (Å²) in [4.78, 5) is 3.10. The van der Waals surface area contributed by atoms with Crippen molar-refractivity contribution in [2.45, 2.75) is 11.8 Å². The average Bonchev–Trinajstić information content (AvgIpc) is 2.36. The van der Waals surface area contributed by atoms with Gasteiger partial charge in [0, 0.05) is 18.5 Å². The number of hydrogen-bond acceptors (Lipinski definition) is 4. The highest BCUT2D eigenvalue weighted by atomic mass is 32.2. The molecule has 0 unspecified atom stereocenters. The van der Waals surface area contributed by atoms with Crippen molar-refractivity contribution in [3.8, 4) is 0 Å². The number of benzene rings is 1. The summed E-state index contributed by atoms with van der Waals surface area (Å²) in [5.74, 6) is -2.22. The Bertz CT molecular complexity index is 763. The maximum absolute atomic E-state index is 13.6. The monoisotopic (exact) mass is 299 g/mol. The smallest absolute Gasteiger partial charge is 0.264 e. The highest BCUT2D eigenvalue weighted by Gasteiger charge is 2.22. The van der Waals surface area contributed by atoms with Gasteiger partial charge in [0.15, 0.2) is 0 Å². The van der Waals surface area contributed by atoms with Crippen LogP contribution in [0.4, 0.5) is 20.2 Å². The van der Waals surface area contributed by atoms with Crippen molar-refractivity contribution >= 4 is 21.4 Å². The molecule has 8 heteroatoms. The summed E-state index contributed by atoms with van der Waals surface area (Å²) >= 11 is 0. The number of aryl methyl sites for hydroxylation is 1. The Morgan fingerprint density at radius 2 is 1.95 bits per heavy atom. The number of pyridine rings is 1. The molecule has 1 aromatic heterocycles. The van der Waals surface area contributed by atoms with Gasteiger partial charge in [0.25, 0.3) is 10.0 Å². The van der Waals surface area contributed by atoms with Gasteiger partial charge in [0.05, 0.1) is 11.4 Å². The predicted octanol–water partition coefficient (Wildman–Crippen LogP) is 2.05. The third-order valence-electron chi connectivity index (χ3n) is 2.61. The molecule has 1 aromatic carbocycles. The first-order valence-electron chi connectivity index (χ1n) is 5.49. The van der Waals surface area contributed by atoms with Gasteiger partial charge >= 0.3 is 0 Å². The molecule has 5 nitrogen and oxygen atoms in total. The highest BCUT2D eigenvalue weighted by Crippen LogP contribution is 2.24. The van der Waals surface area contributed by atoms with Crippen molar-refractivity contribution in [2.75, 3.05) is 10.5 Å². The molecule has 0 bridgehead atoms. The van der Waals surface area contributed by atoms with E-state index in [1.807, 2.05) is 0 Å². The summed E-state index contributed by atoms with van der Waals surface area (Å²) in [5, 5.41) is 0. The zero-order chi connectivity index (χ0) is 14.9. The fourth-order valence-electron chi connectivity index (χ4n) is 1.54. The van der Waals surface area contributed by atoms with Crippen molar-refractivity contribution in [1.29, 1.82) is 0 Å². The maximum Gasteiger partial charge on any atom is 0.264 e. The molecule has 0 fully saturated rings. The molecular weight excluding hydrogens is 288 g/mol. The second-order valence-corrected chi connectivity index (χ2v) is 5.75. The molecule has 0 radical (unpaired) electrons. The Morgan fingerprint density at radius 1 is 1.25 bits per heavy atom. The normalized spacial score (nSPS) is 11.3. The van der Waals surface area contributed by atoms with Gasteiger partial charge in [-0.25, -0.2) is 17.2 Å². The maximum atomic E-state index is 13.6. The Morgan fingerprint density at radius 3 is 2.60 bits per heavy atom. The van der Waals surface area contributed by atoms with Crippen LogP contribution in [-0.4, -0.2) is 13.4 Å². The second kappa shape index (κ2) is 5.04. The summed E-state index contributed by atoms with van der Waals surface area (Å²) in [6.07, 6.45) is 2.84. The molecule has 0 aliphatic heterocycles. The van der Waals surface area contributed by atoms with E-state index in [1.54, 1.807) is 6.92 Å². The van der Waals surface area contributed by atoms with Crippen LogP contribution in [0.3, 0.4) is 0 Å². The van der Waals surface area contributed by atoms with E-state index in [4.69, 9.17) is 5.73 Å². The summed E-state index contributed by atoms with van der Waals surface area (Å²) in [6, 6.07) is 2.60. The first-order chi connectivity index (χ1) is 9.31.